The highest BCUT2D eigenvalue weighted by atomic mass is 16.3. The maximum absolute atomic E-state index is 8.92. The second-order valence-corrected chi connectivity index (χ2v) is 2.11. The molecule has 1 N–H and O–H groups in total. The smallest absolute Gasteiger partial charge is 0.115 e. The van der Waals surface area contributed by atoms with Crippen LogP contribution in [0.3, 0.4) is 0 Å². The monoisotopic (exact) mass is 161 g/mol. The molecule has 0 saturated carbocycles. The predicted molar refractivity (Wildman–Crippen MR) is 46.3 cm³/mol. The number of azide groups is 1. The number of hydrogen-bond acceptors (Lipinski definition) is 2. The Labute approximate surface area is 69.4 Å². The van der Waals surface area contributed by atoms with E-state index in [0.29, 0.717) is 0 Å². The Bertz CT molecular complexity index is 323. The standard InChI is InChI=1S/C8H7N3O/c9-11-10-6-5-7-1-3-8(12)4-2-7/h1-6,12H/b6-5+. The lowest BCUT2D eigenvalue weighted by Crippen LogP contribution is -1.68. The van der Waals surface area contributed by atoms with Gasteiger partial charge in [0, 0.05) is 11.1 Å². The Morgan fingerprint density at radius 3 is 2.58 bits per heavy atom. The van der Waals surface area contributed by atoms with Gasteiger partial charge in [0.15, 0.2) is 0 Å². The van der Waals surface area contributed by atoms with Crippen molar-refractivity contribution in [3.63, 3.8) is 0 Å². The molecule has 0 fully saturated rings. The quantitative estimate of drug-likeness (QED) is 0.404. The van der Waals surface area contributed by atoms with E-state index in [9.17, 15) is 0 Å². The maximum atomic E-state index is 8.92. The first kappa shape index (κ1) is 8.17. The first-order valence-corrected chi connectivity index (χ1v) is 3.33. The van der Waals surface area contributed by atoms with Gasteiger partial charge >= 0.3 is 0 Å². The van der Waals surface area contributed by atoms with E-state index in [1.807, 2.05) is 0 Å². The highest BCUT2D eigenvalue weighted by Gasteiger charge is 1.85. The Morgan fingerprint density at radius 1 is 1.33 bits per heavy atom. The zero-order valence-corrected chi connectivity index (χ0v) is 6.25. The summed E-state index contributed by atoms with van der Waals surface area (Å²) in [5.74, 6) is 0.218. The van der Waals surface area contributed by atoms with Crippen molar-refractivity contribution in [3.05, 3.63) is 46.5 Å². The molecule has 0 aromatic heterocycles. The summed E-state index contributed by atoms with van der Waals surface area (Å²) in [6.07, 6.45) is 3.01. The molecule has 0 saturated heterocycles. The van der Waals surface area contributed by atoms with Crippen molar-refractivity contribution in [2.45, 2.75) is 0 Å². The third kappa shape index (κ3) is 2.36. The third-order valence-electron chi connectivity index (χ3n) is 1.28. The van der Waals surface area contributed by atoms with E-state index in [-0.39, 0.29) is 5.75 Å². The van der Waals surface area contributed by atoms with Gasteiger partial charge in [-0.3, -0.25) is 0 Å². The second-order valence-electron chi connectivity index (χ2n) is 2.11. The molecule has 0 atom stereocenters. The first-order valence-electron chi connectivity index (χ1n) is 3.33. The van der Waals surface area contributed by atoms with Crippen LogP contribution in [0.4, 0.5) is 0 Å². The average Bonchev–Trinajstić information content (AvgIpc) is 2.09. The average molecular weight is 161 g/mol. The van der Waals surface area contributed by atoms with Crippen LogP contribution >= 0.6 is 0 Å². The molecule has 1 rings (SSSR count). The lowest BCUT2D eigenvalue weighted by Gasteiger charge is -1.91. The van der Waals surface area contributed by atoms with E-state index in [0.717, 1.165) is 5.56 Å². The lowest BCUT2D eigenvalue weighted by molar-refractivity contribution is 0.475. The zero-order valence-electron chi connectivity index (χ0n) is 6.25. The fraction of sp³-hybridized carbons (Fsp3) is 0. The molecular formula is C8H7N3O. The zero-order chi connectivity index (χ0) is 8.81. The summed E-state index contributed by atoms with van der Waals surface area (Å²) in [4.78, 5) is 2.56. The molecule has 0 heterocycles. The van der Waals surface area contributed by atoms with Gasteiger partial charge in [0.25, 0.3) is 0 Å². The topological polar surface area (TPSA) is 69.0 Å². The van der Waals surface area contributed by atoms with Gasteiger partial charge in [0.2, 0.25) is 0 Å². The Balaban J connectivity index is 2.77. The van der Waals surface area contributed by atoms with E-state index < -0.39 is 0 Å². The summed E-state index contributed by atoms with van der Waals surface area (Å²) in [6, 6.07) is 6.57. The molecule has 1 aromatic rings. The molecule has 12 heavy (non-hydrogen) atoms. The molecule has 0 aliphatic carbocycles. The number of aromatic hydroxyl groups is 1. The summed E-state index contributed by atoms with van der Waals surface area (Å²) in [5.41, 5.74) is 8.83. The number of hydrogen-bond donors (Lipinski definition) is 1. The second kappa shape index (κ2) is 4.05. The number of phenolic OH excluding ortho intramolecular Hbond substituents is 1. The molecule has 0 aliphatic heterocycles. The van der Waals surface area contributed by atoms with Crippen LogP contribution in [0.1, 0.15) is 5.56 Å². The molecule has 60 valence electrons. The van der Waals surface area contributed by atoms with Crippen LogP contribution in [0.15, 0.2) is 35.6 Å². The van der Waals surface area contributed by atoms with Crippen LogP contribution in [0.2, 0.25) is 0 Å². The normalized spacial score (nSPS) is 9.67. The highest BCUT2D eigenvalue weighted by Crippen LogP contribution is 2.10. The molecule has 0 unspecified atom stereocenters. The number of nitrogens with zero attached hydrogens (tertiary/aromatic N) is 3. The third-order valence-corrected chi connectivity index (χ3v) is 1.28. The van der Waals surface area contributed by atoms with Gasteiger partial charge < -0.3 is 5.11 Å². The lowest BCUT2D eigenvalue weighted by atomic mass is 10.2. The summed E-state index contributed by atoms with van der Waals surface area (Å²) in [5, 5.41) is 12.1. The highest BCUT2D eigenvalue weighted by molar-refractivity contribution is 5.49. The van der Waals surface area contributed by atoms with Crippen LogP contribution in [0, 0.1) is 0 Å². The van der Waals surface area contributed by atoms with Gasteiger partial charge in [-0.2, -0.15) is 0 Å². The summed E-state index contributed by atoms with van der Waals surface area (Å²) in [7, 11) is 0. The van der Waals surface area contributed by atoms with Gasteiger partial charge in [-0.1, -0.05) is 23.3 Å². The van der Waals surface area contributed by atoms with E-state index >= 15 is 0 Å². The van der Waals surface area contributed by atoms with E-state index in [2.05, 4.69) is 10.0 Å². The molecular weight excluding hydrogens is 154 g/mol. The first-order chi connectivity index (χ1) is 5.83. The van der Waals surface area contributed by atoms with E-state index in [4.69, 9.17) is 10.6 Å². The molecule has 0 aliphatic rings. The van der Waals surface area contributed by atoms with Crippen molar-refractivity contribution in [2.24, 2.45) is 5.11 Å². The molecule has 0 amide bonds. The van der Waals surface area contributed by atoms with Crippen LogP contribution < -0.4 is 0 Å². The van der Waals surface area contributed by atoms with Gasteiger partial charge in [-0.15, -0.1) is 0 Å². The van der Waals surface area contributed by atoms with Gasteiger partial charge in [0.1, 0.15) is 5.75 Å². The Morgan fingerprint density at radius 2 is 2.00 bits per heavy atom. The molecule has 1 aromatic carbocycles. The maximum Gasteiger partial charge on any atom is 0.115 e. The largest absolute Gasteiger partial charge is 0.508 e. The van der Waals surface area contributed by atoms with Crippen molar-refractivity contribution in [2.75, 3.05) is 0 Å². The summed E-state index contributed by atoms with van der Waals surface area (Å²) in [6.45, 7) is 0. The van der Waals surface area contributed by atoms with Crippen LogP contribution in [-0.2, 0) is 0 Å². The van der Waals surface area contributed by atoms with E-state index in [1.54, 1.807) is 30.3 Å². The van der Waals surface area contributed by atoms with E-state index in [1.165, 1.54) is 6.20 Å². The fourth-order valence-corrected chi connectivity index (χ4v) is 0.735. The summed E-state index contributed by atoms with van der Waals surface area (Å²) < 4.78 is 0. The van der Waals surface area contributed by atoms with Crippen LogP contribution in [0.5, 0.6) is 5.75 Å². The van der Waals surface area contributed by atoms with Crippen molar-refractivity contribution in [3.8, 4) is 5.75 Å². The minimum absolute atomic E-state index is 0.218. The molecule has 0 radical (unpaired) electrons. The Hall–Kier alpha value is -1.93. The molecule has 4 nitrogen and oxygen atoms in total. The summed E-state index contributed by atoms with van der Waals surface area (Å²) >= 11 is 0. The van der Waals surface area contributed by atoms with Crippen molar-refractivity contribution in [1.29, 1.82) is 0 Å². The fourth-order valence-electron chi connectivity index (χ4n) is 0.735. The predicted octanol–water partition coefficient (Wildman–Crippen LogP) is 2.67. The number of rotatable bonds is 2. The van der Waals surface area contributed by atoms with Crippen molar-refractivity contribution >= 4 is 6.08 Å². The molecule has 0 bridgehead atoms. The van der Waals surface area contributed by atoms with Crippen molar-refractivity contribution in [1.82, 2.24) is 0 Å². The van der Waals surface area contributed by atoms with Gasteiger partial charge in [-0.05, 0) is 23.2 Å². The van der Waals surface area contributed by atoms with Gasteiger partial charge in [-0.25, -0.2) is 0 Å². The Kier molecular flexibility index (Phi) is 2.76. The minimum atomic E-state index is 0.218. The van der Waals surface area contributed by atoms with Gasteiger partial charge in [0.05, 0.1) is 0 Å². The van der Waals surface area contributed by atoms with Crippen LogP contribution in [0.25, 0.3) is 16.5 Å². The number of phenols is 1. The molecule has 4 heteroatoms. The van der Waals surface area contributed by atoms with Crippen molar-refractivity contribution < 1.29 is 5.11 Å². The number of benzene rings is 1. The SMILES string of the molecule is [N-]=[N+]=N/C=C/c1ccc(O)cc1. The minimum Gasteiger partial charge on any atom is -0.508 e. The van der Waals surface area contributed by atoms with Crippen LogP contribution in [-0.4, -0.2) is 5.11 Å². The molecule has 0 spiro atoms.